The maximum atomic E-state index is 10.4. The van der Waals surface area contributed by atoms with Crippen LogP contribution in [0.25, 0.3) is 11.6 Å². The van der Waals surface area contributed by atoms with Gasteiger partial charge in [0, 0.05) is 0 Å². The zero-order valence-electron chi connectivity index (χ0n) is 19.3. The molecule has 1 fully saturated rings. The van der Waals surface area contributed by atoms with Gasteiger partial charge in [-0.1, -0.05) is 6.07 Å². The van der Waals surface area contributed by atoms with Gasteiger partial charge < -0.3 is 35.7 Å². The summed E-state index contributed by atoms with van der Waals surface area (Å²) in [5.74, 6) is 1.80. The van der Waals surface area contributed by atoms with E-state index >= 15 is 0 Å². The Morgan fingerprint density at radius 1 is 1.06 bits per heavy atom. The van der Waals surface area contributed by atoms with Crippen molar-refractivity contribution in [3.05, 3.63) is 41.5 Å². The van der Waals surface area contributed by atoms with Crippen LogP contribution in [0.1, 0.15) is 24.0 Å². The highest BCUT2D eigenvalue weighted by Gasteiger charge is 2.18. The number of methoxy groups -OCH3 is 4. The molecule has 0 bridgehead atoms. The van der Waals surface area contributed by atoms with Gasteiger partial charge in [-0.2, -0.15) is 5.26 Å². The minimum atomic E-state index is -0.220. The number of carbonyl (C=O) groups is 1. The number of nitrogens with two attached hydrogens (primary N) is 2. The lowest BCUT2D eigenvalue weighted by Gasteiger charge is -2.14. The molecule has 9 heteroatoms. The molecule has 1 aliphatic heterocycles. The molecule has 9 nitrogen and oxygen atoms in total. The molecule has 0 spiro atoms. The minimum Gasteiger partial charge on any atom is -0.495 e. The van der Waals surface area contributed by atoms with Gasteiger partial charge in [-0.15, -0.1) is 0 Å². The van der Waals surface area contributed by atoms with E-state index in [1.165, 1.54) is 21.3 Å². The molecule has 2 aromatic rings. The second-order valence-corrected chi connectivity index (χ2v) is 7.14. The lowest BCUT2D eigenvalue weighted by molar-refractivity contribution is -0.119. The van der Waals surface area contributed by atoms with Gasteiger partial charge in [-0.3, -0.25) is 4.79 Å². The summed E-state index contributed by atoms with van der Waals surface area (Å²) >= 11 is 0. The first-order valence-electron chi connectivity index (χ1n) is 10.3. The zero-order chi connectivity index (χ0) is 24.4. The lowest BCUT2D eigenvalue weighted by Crippen LogP contribution is -2.36. The van der Waals surface area contributed by atoms with Crippen molar-refractivity contribution >= 4 is 23.2 Å². The van der Waals surface area contributed by atoms with Gasteiger partial charge in [-0.25, -0.2) is 0 Å². The molecule has 176 valence electrons. The van der Waals surface area contributed by atoms with E-state index in [0.29, 0.717) is 39.8 Å². The van der Waals surface area contributed by atoms with Gasteiger partial charge in [0.05, 0.1) is 51.8 Å². The summed E-state index contributed by atoms with van der Waals surface area (Å²) in [5, 5.41) is 12.6. The highest BCUT2D eigenvalue weighted by atomic mass is 16.5. The van der Waals surface area contributed by atoms with Crippen LogP contribution in [0.4, 0.5) is 5.69 Å². The molecular weight excluding hydrogens is 424 g/mol. The van der Waals surface area contributed by atoms with E-state index in [1.807, 2.05) is 6.07 Å². The van der Waals surface area contributed by atoms with Crippen molar-refractivity contribution in [2.45, 2.75) is 18.9 Å². The molecule has 0 saturated carbocycles. The van der Waals surface area contributed by atoms with E-state index in [1.54, 1.807) is 37.5 Å². The third-order valence-corrected chi connectivity index (χ3v) is 5.06. The number of carbonyl (C=O) groups excluding carboxylic acids is 1. The number of nitrogen functional groups attached to an aromatic ring is 1. The monoisotopic (exact) mass is 454 g/mol. The fourth-order valence-corrected chi connectivity index (χ4v) is 3.35. The van der Waals surface area contributed by atoms with Crippen molar-refractivity contribution in [2.24, 2.45) is 5.73 Å². The van der Waals surface area contributed by atoms with Crippen molar-refractivity contribution < 1.29 is 23.7 Å². The van der Waals surface area contributed by atoms with Gasteiger partial charge in [0.25, 0.3) is 0 Å². The summed E-state index contributed by atoms with van der Waals surface area (Å²) < 4.78 is 21.1. The average molecular weight is 455 g/mol. The Kier molecular flexibility index (Phi) is 9.39. The number of hydrogen-bond donors (Lipinski definition) is 3. The smallest absolute Gasteiger partial charge is 0.234 e. The van der Waals surface area contributed by atoms with Crippen molar-refractivity contribution in [3.63, 3.8) is 0 Å². The first-order valence-corrected chi connectivity index (χ1v) is 10.3. The number of primary amides is 1. The highest BCUT2D eigenvalue weighted by molar-refractivity contribution is 5.91. The van der Waals surface area contributed by atoms with Crippen molar-refractivity contribution in [3.8, 4) is 29.1 Å². The molecule has 1 amide bonds. The number of benzene rings is 2. The first-order chi connectivity index (χ1) is 15.9. The van der Waals surface area contributed by atoms with Crippen molar-refractivity contribution in [2.75, 3.05) is 40.7 Å². The molecule has 2 aromatic carbocycles. The number of ether oxygens (including phenoxy) is 4. The Morgan fingerprint density at radius 3 is 2.09 bits per heavy atom. The van der Waals surface area contributed by atoms with Gasteiger partial charge >= 0.3 is 0 Å². The third-order valence-electron chi connectivity index (χ3n) is 5.06. The van der Waals surface area contributed by atoms with Crippen LogP contribution in [0.3, 0.4) is 0 Å². The van der Waals surface area contributed by atoms with Crippen LogP contribution in [0.15, 0.2) is 30.3 Å². The molecule has 1 atom stereocenters. The predicted octanol–water partition coefficient (Wildman–Crippen LogP) is 2.59. The Balaban J connectivity index is 0.000000405. The summed E-state index contributed by atoms with van der Waals surface area (Å²) in [4.78, 5) is 10.4. The van der Waals surface area contributed by atoms with E-state index in [9.17, 15) is 10.1 Å². The maximum Gasteiger partial charge on any atom is 0.234 e. The molecule has 1 aliphatic rings. The Labute approximate surface area is 193 Å². The lowest BCUT2D eigenvalue weighted by atomic mass is 10.0. The number of anilines is 1. The Hall–Kier alpha value is -3.90. The molecular formula is C24H30N4O5. The molecule has 33 heavy (non-hydrogen) atoms. The second kappa shape index (κ2) is 12.2. The van der Waals surface area contributed by atoms with Crippen molar-refractivity contribution in [1.29, 1.82) is 5.26 Å². The summed E-state index contributed by atoms with van der Waals surface area (Å²) in [5.41, 5.74) is 13.3. The van der Waals surface area contributed by atoms with Crippen LogP contribution >= 0.6 is 0 Å². The number of nitrogens with one attached hydrogen (secondary N) is 1. The molecule has 1 saturated heterocycles. The predicted molar refractivity (Wildman–Crippen MR) is 127 cm³/mol. The molecule has 0 unspecified atom stereocenters. The number of allylic oxidation sites excluding steroid dienone is 1. The van der Waals surface area contributed by atoms with E-state index in [4.69, 9.17) is 30.4 Å². The fraction of sp³-hybridized carbons (Fsp3) is 0.333. The largest absolute Gasteiger partial charge is 0.495 e. The van der Waals surface area contributed by atoms with E-state index < -0.39 is 0 Å². The van der Waals surface area contributed by atoms with Gasteiger partial charge in [-0.05, 0) is 60.9 Å². The zero-order valence-corrected chi connectivity index (χ0v) is 19.3. The van der Waals surface area contributed by atoms with Crippen LogP contribution in [-0.4, -0.2) is 46.9 Å². The number of amides is 1. The van der Waals surface area contributed by atoms with Crippen LogP contribution in [0.2, 0.25) is 0 Å². The van der Waals surface area contributed by atoms with Crippen LogP contribution in [-0.2, 0) is 4.79 Å². The summed E-state index contributed by atoms with van der Waals surface area (Å²) in [6.45, 7) is 0.938. The SMILES string of the molecule is COc1ccc(C=C(C#N)c2cc(OC)c(OC)c(OC)c2)cc1N.NC(=O)[C@@H]1CCCN1. The molecule has 0 radical (unpaired) electrons. The summed E-state index contributed by atoms with van der Waals surface area (Å²) in [6, 6.07) is 10.9. The van der Waals surface area contributed by atoms with Gasteiger partial charge in [0.2, 0.25) is 11.7 Å². The standard InChI is InChI=1S/C19H20N2O4.C5H10N2O/c1-22-16-6-5-12(8-15(16)21)7-14(11-20)13-9-17(23-2)19(25-4)18(10-13)24-3;6-5(8)4-2-1-3-7-4/h5-10H,21H2,1-4H3;4,7H,1-3H2,(H2,6,8)/t;4-/m.0/s1. The number of hydrogen-bond acceptors (Lipinski definition) is 8. The van der Waals surface area contributed by atoms with E-state index in [2.05, 4.69) is 11.4 Å². The maximum absolute atomic E-state index is 10.4. The quantitative estimate of drug-likeness (QED) is 0.329. The van der Waals surface area contributed by atoms with Crippen molar-refractivity contribution in [1.82, 2.24) is 5.32 Å². The Bertz CT molecular complexity index is 1010. The van der Waals surface area contributed by atoms with E-state index in [-0.39, 0.29) is 11.9 Å². The van der Waals surface area contributed by atoms with Crippen LogP contribution < -0.4 is 35.7 Å². The molecule has 3 rings (SSSR count). The fourth-order valence-electron chi connectivity index (χ4n) is 3.35. The van der Waals surface area contributed by atoms with E-state index in [0.717, 1.165) is 24.9 Å². The molecule has 0 aliphatic carbocycles. The third kappa shape index (κ3) is 6.54. The van der Waals surface area contributed by atoms with Gasteiger partial charge in [0.15, 0.2) is 11.5 Å². The van der Waals surface area contributed by atoms with Crippen LogP contribution in [0.5, 0.6) is 23.0 Å². The second-order valence-electron chi connectivity index (χ2n) is 7.14. The summed E-state index contributed by atoms with van der Waals surface area (Å²) in [6.07, 6.45) is 3.72. The normalized spacial score (nSPS) is 15.0. The Morgan fingerprint density at radius 2 is 1.70 bits per heavy atom. The molecule has 0 aromatic heterocycles. The number of rotatable bonds is 7. The first kappa shape index (κ1) is 25.4. The molecule has 1 heterocycles. The van der Waals surface area contributed by atoms with Crippen LogP contribution in [0, 0.1) is 11.3 Å². The highest BCUT2D eigenvalue weighted by Crippen LogP contribution is 2.40. The number of nitrogens with zero attached hydrogens (tertiary/aromatic N) is 1. The van der Waals surface area contributed by atoms with Gasteiger partial charge in [0.1, 0.15) is 5.75 Å². The topological polar surface area (TPSA) is 142 Å². The summed E-state index contributed by atoms with van der Waals surface area (Å²) in [7, 11) is 6.14. The average Bonchev–Trinajstić information content (AvgIpc) is 3.37. The minimum absolute atomic E-state index is 0.0463. The molecule has 5 N–H and O–H groups in total. The number of nitriles is 1.